The summed E-state index contributed by atoms with van der Waals surface area (Å²) in [7, 11) is 0. The molecule has 0 aromatic heterocycles. The summed E-state index contributed by atoms with van der Waals surface area (Å²) < 4.78 is 10.9. The van der Waals surface area contributed by atoms with Gasteiger partial charge in [-0.1, -0.05) is 23.2 Å². The fourth-order valence-electron chi connectivity index (χ4n) is 2.39. The molecule has 0 spiro atoms. The Morgan fingerprint density at radius 1 is 0.960 bits per heavy atom. The molecular formula is C18H15Cl2NO4. The Hall–Kier alpha value is -2.24. The average molecular weight is 380 g/mol. The van der Waals surface area contributed by atoms with E-state index in [-0.39, 0.29) is 24.5 Å². The summed E-state index contributed by atoms with van der Waals surface area (Å²) in [4.78, 5) is 24.3. The molecule has 0 bridgehead atoms. The minimum atomic E-state index is -0.296. The number of ketones is 1. The molecule has 1 N–H and O–H groups in total. The molecule has 0 aliphatic carbocycles. The summed E-state index contributed by atoms with van der Waals surface area (Å²) in [6.07, 6.45) is 0.128. The molecule has 0 saturated heterocycles. The van der Waals surface area contributed by atoms with Gasteiger partial charge in [-0.2, -0.15) is 0 Å². The third kappa shape index (κ3) is 4.44. The Morgan fingerprint density at radius 3 is 2.48 bits per heavy atom. The quantitative estimate of drug-likeness (QED) is 0.783. The van der Waals surface area contributed by atoms with Gasteiger partial charge in [0.05, 0.1) is 10.7 Å². The van der Waals surface area contributed by atoms with Crippen LogP contribution in [0.1, 0.15) is 23.2 Å². The van der Waals surface area contributed by atoms with Gasteiger partial charge in [-0.15, -0.1) is 0 Å². The predicted octanol–water partition coefficient (Wildman–Crippen LogP) is 4.37. The second-order valence-corrected chi connectivity index (χ2v) is 6.30. The monoisotopic (exact) mass is 379 g/mol. The lowest BCUT2D eigenvalue weighted by Crippen LogP contribution is -2.16. The number of amides is 1. The lowest BCUT2D eigenvalue weighted by atomic mass is 10.1. The number of rotatable bonds is 5. The second-order valence-electron chi connectivity index (χ2n) is 5.45. The Kier molecular flexibility index (Phi) is 5.46. The van der Waals surface area contributed by atoms with Crippen molar-refractivity contribution in [2.24, 2.45) is 0 Å². The number of hydrogen-bond donors (Lipinski definition) is 1. The molecule has 0 saturated carbocycles. The molecule has 2 aromatic rings. The first-order valence-electron chi connectivity index (χ1n) is 7.70. The lowest BCUT2D eigenvalue weighted by molar-refractivity contribution is -0.116. The minimum Gasteiger partial charge on any atom is -0.486 e. The third-order valence-corrected chi connectivity index (χ3v) is 4.20. The number of hydrogen-bond acceptors (Lipinski definition) is 4. The Bertz CT molecular complexity index is 823. The van der Waals surface area contributed by atoms with Gasteiger partial charge in [-0.3, -0.25) is 9.59 Å². The van der Waals surface area contributed by atoms with Crippen molar-refractivity contribution in [2.75, 3.05) is 18.5 Å². The van der Waals surface area contributed by atoms with Crippen LogP contribution < -0.4 is 14.8 Å². The van der Waals surface area contributed by atoms with Crippen molar-refractivity contribution in [1.29, 1.82) is 0 Å². The van der Waals surface area contributed by atoms with Crippen LogP contribution in [-0.2, 0) is 4.79 Å². The van der Waals surface area contributed by atoms with E-state index < -0.39 is 0 Å². The minimum absolute atomic E-state index is 0.0478. The Labute approximate surface area is 154 Å². The van der Waals surface area contributed by atoms with Crippen LogP contribution in [0.15, 0.2) is 36.4 Å². The van der Waals surface area contributed by atoms with Crippen molar-refractivity contribution in [2.45, 2.75) is 12.8 Å². The van der Waals surface area contributed by atoms with Gasteiger partial charge in [0.25, 0.3) is 0 Å². The summed E-state index contributed by atoms with van der Waals surface area (Å²) in [6.45, 7) is 0.947. The van der Waals surface area contributed by atoms with Gasteiger partial charge in [0, 0.05) is 23.4 Å². The predicted molar refractivity (Wildman–Crippen MR) is 96.1 cm³/mol. The molecule has 2 aromatic carbocycles. The molecule has 25 heavy (non-hydrogen) atoms. The van der Waals surface area contributed by atoms with E-state index in [2.05, 4.69) is 5.32 Å². The topological polar surface area (TPSA) is 64.6 Å². The van der Waals surface area contributed by atoms with Crippen LogP contribution in [0.5, 0.6) is 11.5 Å². The van der Waals surface area contributed by atoms with Gasteiger partial charge in [-0.25, -0.2) is 0 Å². The van der Waals surface area contributed by atoms with Crippen LogP contribution in [0.3, 0.4) is 0 Å². The molecule has 3 rings (SSSR count). The van der Waals surface area contributed by atoms with Crippen LogP contribution in [0.25, 0.3) is 0 Å². The number of Topliss-reactive ketones (excluding diaryl/α,β-unsaturated/α-hetero) is 1. The van der Waals surface area contributed by atoms with E-state index >= 15 is 0 Å². The summed E-state index contributed by atoms with van der Waals surface area (Å²) in [5, 5.41) is 3.50. The Balaban J connectivity index is 1.57. The van der Waals surface area contributed by atoms with E-state index in [0.29, 0.717) is 46.0 Å². The number of ether oxygens (including phenoxy) is 2. The van der Waals surface area contributed by atoms with Gasteiger partial charge in [-0.05, 0) is 36.4 Å². The molecule has 7 heteroatoms. The number of carbonyl (C=O) groups is 2. The summed E-state index contributed by atoms with van der Waals surface area (Å²) in [5.41, 5.74) is 0.949. The first-order valence-corrected chi connectivity index (χ1v) is 8.46. The molecule has 1 heterocycles. The maximum Gasteiger partial charge on any atom is 0.224 e. The summed E-state index contributed by atoms with van der Waals surface area (Å²) in [5.74, 6) is 0.733. The van der Waals surface area contributed by atoms with Crippen LogP contribution in [0, 0.1) is 0 Å². The largest absolute Gasteiger partial charge is 0.486 e. The lowest BCUT2D eigenvalue weighted by Gasteiger charge is -2.18. The normalized spacial score (nSPS) is 12.6. The molecule has 1 amide bonds. The van der Waals surface area contributed by atoms with E-state index in [0.717, 1.165) is 0 Å². The number of nitrogens with one attached hydrogen (secondary N) is 1. The highest BCUT2D eigenvalue weighted by molar-refractivity contribution is 6.36. The highest BCUT2D eigenvalue weighted by Crippen LogP contribution is 2.31. The fraction of sp³-hybridized carbons (Fsp3) is 0.222. The average Bonchev–Trinajstić information content (AvgIpc) is 2.61. The molecule has 130 valence electrons. The highest BCUT2D eigenvalue weighted by Gasteiger charge is 2.16. The van der Waals surface area contributed by atoms with Crippen molar-refractivity contribution in [3.8, 4) is 11.5 Å². The molecule has 0 atom stereocenters. The number of halogens is 2. The first kappa shape index (κ1) is 17.6. The highest BCUT2D eigenvalue weighted by atomic mass is 35.5. The Morgan fingerprint density at radius 2 is 1.72 bits per heavy atom. The maximum absolute atomic E-state index is 12.3. The van der Waals surface area contributed by atoms with Crippen molar-refractivity contribution < 1.29 is 19.1 Å². The molecule has 1 aliphatic rings. The number of carbonyl (C=O) groups excluding carboxylic acids is 2. The number of fused-ring (bicyclic) bond motifs is 1. The van der Waals surface area contributed by atoms with E-state index in [4.69, 9.17) is 32.7 Å². The smallest absolute Gasteiger partial charge is 0.224 e. The summed E-state index contributed by atoms with van der Waals surface area (Å²) in [6, 6.07) is 9.80. The third-order valence-electron chi connectivity index (χ3n) is 3.65. The van der Waals surface area contributed by atoms with Crippen molar-refractivity contribution in [1.82, 2.24) is 0 Å². The summed E-state index contributed by atoms with van der Waals surface area (Å²) >= 11 is 11.8. The zero-order valence-corrected chi connectivity index (χ0v) is 14.7. The van der Waals surface area contributed by atoms with Crippen molar-refractivity contribution in [3.63, 3.8) is 0 Å². The molecule has 5 nitrogen and oxygen atoms in total. The molecule has 0 radical (unpaired) electrons. The zero-order valence-electron chi connectivity index (χ0n) is 13.2. The van der Waals surface area contributed by atoms with E-state index in [1.165, 1.54) is 0 Å². The van der Waals surface area contributed by atoms with Crippen LogP contribution in [-0.4, -0.2) is 24.9 Å². The zero-order chi connectivity index (χ0) is 17.8. The number of benzene rings is 2. The van der Waals surface area contributed by atoms with Gasteiger partial charge in [0.2, 0.25) is 5.91 Å². The molecule has 1 aliphatic heterocycles. The SMILES string of the molecule is O=C(CCC(=O)c1ccc2c(c1)OCCO2)Nc1ccc(Cl)cc1Cl. The second kappa shape index (κ2) is 7.76. The van der Waals surface area contributed by atoms with Gasteiger partial charge in [0.15, 0.2) is 17.3 Å². The van der Waals surface area contributed by atoms with Crippen LogP contribution in [0.2, 0.25) is 10.0 Å². The van der Waals surface area contributed by atoms with E-state index in [9.17, 15) is 9.59 Å². The van der Waals surface area contributed by atoms with E-state index in [1.54, 1.807) is 36.4 Å². The molecule has 0 fully saturated rings. The van der Waals surface area contributed by atoms with Gasteiger partial charge >= 0.3 is 0 Å². The molecular weight excluding hydrogens is 365 g/mol. The first-order chi connectivity index (χ1) is 12.0. The van der Waals surface area contributed by atoms with E-state index in [1.807, 2.05) is 0 Å². The van der Waals surface area contributed by atoms with Gasteiger partial charge < -0.3 is 14.8 Å². The van der Waals surface area contributed by atoms with Crippen LogP contribution >= 0.6 is 23.2 Å². The molecule has 0 unspecified atom stereocenters. The standard InChI is InChI=1S/C18H15Cl2NO4/c19-12-2-3-14(13(20)10-12)21-18(23)6-4-15(22)11-1-5-16-17(9-11)25-8-7-24-16/h1-3,5,9-10H,4,6-8H2,(H,21,23). The van der Waals surface area contributed by atoms with Gasteiger partial charge in [0.1, 0.15) is 13.2 Å². The van der Waals surface area contributed by atoms with Crippen LogP contribution in [0.4, 0.5) is 5.69 Å². The fourth-order valence-corrected chi connectivity index (χ4v) is 2.85. The maximum atomic E-state index is 12.3. The van der Waals surface area contributed by atoms with Crippen molar-refractivity contribution in [3.05, 3.63) is 52.0 Å². The van der Waals surface area contributed by atoms with Crippen molar-refractivity contribution >= 4 is 40.6 Å². The number of anilines is 1.